The molecule has 4 rings (SSSR count). The van der Waals surface area contributed by atoms with E-state index in [1.165, 1.54) is 6.26 Å². The number of nitrogens with one attached hydrogen (secondary N) is 1. The number of nitrogens with zero attached hydrogens (tertiary/aromatic N) is 1. The van der Waals surface area contributed by atoms with Crippen molar-refractivity contribution in [1.82, 2.24) is 0 Å². The van der Waals surface area contributed by atoms with Crippen molar-refractivity contribution in [2.24, 2.45) is 0 Å². The van der Waals surface area contributed by atoms with Crippen molar-refractivity contribution in [1.29, 1.82) is 0 Å². The summed E-state index contributed by atoms with van der Waals surface area (Å²) in [6.07, 6.45) is 2.82. The van der Waals surface area contributed by atoms with E-state index < -0.39 is 18.5 Å². The highest BCUT2D eigenvalue weighted by molar-refractivity contribution is 5.98. The smallest absolute Gasteiger partial charge is 0.375 e. The van der Waals surface area contributed by atoms with Crippen molar-refractivity contribution in [2.45, 2.75) is 12.8 Å². The molecule has 1 N–H and O–H groups in total. The Kier molecular flexibility index (Phi) is 5.61. The molecule has 0 saturated carbocycles. The highest BCUT2D eigenvalue weighted by atomic mass is 16.5. The molecule has 30 heavy (non-hydrogen) atoms. The largest absolute Gasteiger partial charge is 0.457 e. The van der Waals surface area contributed by atoms with E-state index in [4.69, 9.17) is 9.15 Å². The summed E-state index contributed by atoms with van der Waals surface area (Å²) in [5.74, 6) is -1.03. The molecule has 2 heterocycles. The zero-order valence-electron chi connectivity index (χ0n) is 16.2. The summed E-state index contributed by atoms with van der Waals surface area (Å²) < 4.78 is 10.4. The van der Waals surface area contributed by atoms with Gasteiger partial charge in [-0.3, -0.25) is 9.59 Å². The molecule has 7 nitrogen and oxygen atoms in total. The number of esters is 1. The highest BCUT2D eigenvalue weighted by Crippen LogP contribution is 2.25. The van der Waals surface area contributed by atoms with Crippen molar-refractivity contribution in [3.8, 4) is 11.1 Å². The van der Waals surface area contributed by atoms with Gasteiger partial charge >= 0.3 is 5.97 Å². The number of hydrogen-bond acceptors (Lipinski definition) is 5. The predicted octanol–water partition coefficient (Wildman–Crippen LogP) is 3.87. The van der Waals surface area contributed by atoms with Gasteiger partial charge in [-0.05, 0) is 42.3 Å². The molecule has 1 aliphatic heterocycles. The van der Waals surface area contributed by atoms with Crippen LogP contribution in [0.25, 0.3) is 11.1 Å². The van der Waals surface area contributed by atoms with Crippen LogP contribution in [0.15, 0.2) is 71.3 Å². The van der Waals surface area contributed by atoms with E-state index in [1.54, 1.807) is 35.2 Å². The van der Waals surface area contributed by atoms with Gasteiger partial charge in [0.1, 0.15) is 0 Å². The summed E-state index contributed by atoms with van der Waals surface area (Å²) in [5, 5.41) is 2.67. The average Bonchev–Trinajstić information content (AvgIpc) is 3.42. The van der Waals surface area contributed by atoms with Gasteiger partial charge in [-0.15, -0.1) is 0 Å². The summed E-state index contributed by atoms with van der Waals surface area (Å²) in [4.78, 5) is 38.0. The summed E-state index contributed by atoms with van der Waals surface area (Å²) in [6, 6.07) is 18.0. The Labute approximate surface area is 173 Å². The number of anilines is 2. The topological polar surface area (TPSA) is 88.8 Å². The predicted molar refractivity (Wildman–Crippen MR) is 111 cm³/mol. The van der Waals surface area contributed by atoms with E-state index in [0.717, 1.165) is 17.7 Å². The van der Waals surface area contributed by atoms with Gasteiger partial charge in [-0.2, -0.15) is 0 Å². The number of carbonyl (C=O) groups is 3. The van der Waals surface area contributed by atoms with Gasteiger partial charge in [0.15, 0.2) is 6.61 Å². The van der Waals surface area contributed by atoms with E-state index in [2.05, 4.69) is 5.32 Å². The van der Waals surface area contributed by atoms with Gasteiger partial charge < -0.3 is 19.4 Å². The molecule has 1 saturated heterocycles. The van der Waals surface area contributed by atoms with Crippen LogP contribution in [0.2, 0.25) is 0 Å². The monoisotopic (exact) mass is 404 g/mol. The van der Waals surface area contributed by atoms with E-state index in [9.17, 15) is 14.4 Å². The zero-order chi connectivity index (χ0) is 20.9. The highest BCUT2D eigenvalue weighted by Gasteiger charge is 2.22. The van der Waals surface area contributed by atoms with Crippen LogP contribution >= 0.6 is 0 Å². The summed E-state index contributed by atoms with van der Waals surface area (Å²) in [7, 11) is 0. The third-order valence-electron chi connectivity index (χ3n) is 4.81. The summed E-state index contributed by atoms with van der Waals surface area (Å²) in [6.45, 7) is 0.262. The molecule has 0 unspecified atom stereocenters. The second-order valence-electron chi connectivity index (χ2n) is 6.85. The van der Waals surface area contributed by atoms with Crippen molar-refractivity contribution >= 4 is 29.2 Å². The van der Waals surface area contributed by atoms with E-state index in [-0.39, 0.29) is 11.7 Å². The van der Waals surface area contributed by atoms with Gasteiger partial charge in [-0.1, -0.05) is 30.3 Å². The quantitative estimate of drug-likeness (QED) is 0.630. The second kappa shape index (κ2) is 8.65. The fourth-order valence-corrected chi connectivity index (χ4v) is 3.35. The Morgan fingerprint density at radius 2 is 1.80 bits per heavy atom. The molecule has 2 amide bonds. The molecular weight excluding hydrogens is 384 g/mol. The standard InChI is InChI=1S/C23H20N2O5/c26-20(24-17-8-10-18(11-9-17)25-13-4-7-21(25)27)15-30-23(28)22-19(12-14-29-22)16-5-2-1-3-6-16/h1-3,5-6,8-12,14H,4,7,13,15H2,(H,24,26). The molecule has 0 atom stereocenters. The lowest BCUT2D eigenvalue weighted by Crippen LogP contribution is -2.23. The molecule has 152 valence electrons. The molecule has 0 bridgehead atoms. The number of hydrogen-bond donors (Lipinski definition) is 1. The summed E-state index contributed by atoms with van der Waals surface area (Å²) >= 11 is 0. The lowest BCUT2D eigenvalue weighted by molar-refractivity contribution is -0.119. The third-order valence-corrected chi connectivity index (χ3v) is 4.81. The third kappa shape index (κ3) is 4.25. The molecular formula is C23H20N2O5. The maximum Gasteiger partial charge on any atom is 0.375 e. The Bertz CT molecular complexity index is 1060. The first kappa shape index (κ1) is 19.4. The first-order valence-corrected chi connectivity index (χ1v) is 9.62. The number of carbonyl (C=O) groups excluding carboxylic acids is 3. The number of ether oxygens (including phenoxy) is 1. The van der Waals surface area contributed by atoms with Crippen LogP contribution in [0.5, 0.6) is 0 Å². The molecule has 1 aromatic heterocycles. The van der Waals surface area contributed by atoms with Crippen LogP contribution in [0.4, 0.5) is 11.4 Å². The van der Waals surface area contributed by atoms with E-state index in [0.29, 0.717) is 24.2 Å². The number of amides is 2. The molecule has 0 spiro atoms. The van der Waals surface area contributed by atoms with Crippen LogP contribution in [-0.2, 0) is 14.3 Å². The maximum absolute atomic E-state index is 12.3. The summed E-state index contributed by atoms with van der Waals surface area (Å²) in [5.41, 5.74) is 2.77. The van der Waals surface area contributed by atoms with Gasteiger partial charge in [0.25, 0.3) is 5.91 Å². The molecule has 7 heteroatoms. The first-order chi connectivity index (χ1) is 14.6. The Balaban J connectivity index is 1.33. The fourth-order valence-electron chi connectivity index (χ4n) is 3.35. The van der Waals surface area contributed by atoms with E-state index in [1.807, 2.05) is 30.3 Å². The van der Waals surface area contributed by atoms with Gasteiger partial charge in [0.2, 0.25) is 11.7 Å². The van der Waals surface area contributed by atoms with Crippen molar-refractivity contribution < 1.29 is 23.5 Å². The second-order valence-corrected chi connectivity index (χ2v) is 6.85. The minimum atomic E-state index is -0.711. The molecule has 1 aliphatic rings. The lowest BCUT2D eigenvalue weighted by Gasteiger charge is -2.16. The lowest BCUT2D eigenvalue weighted by atomic mass is 10.1. The van der Waals surface area contributed by atoms with Crippen LogP contribution < -0.4 is 10.2 Å². The van der Waals surface area contributed by atoms with Crippen LogP contribution in [0, 0.1) is 0 Å². The minimum absolute atomic E-state index is 0.0497. The Morgan fingerprint density at radius 3 is 2.50 bits per heavy atom. The van der Waals surface area contributed by atoms with Gasteiger partial charge in [-0.25, -0.2) is 4.79 Å². The van der Waals surface area contributed by atoms with Crippen molar-refractivity contribution in [3.63, 3.8) is 0 Å². The van der Waals surface area contributed by atoms with E-state index >= 15 is 0 Å². The maximum atomic E-state index is 12.3. The number of furan rings is 1. The number of rotatable bonds is 6. The fraction of sp³-hybridized carbons (Fsp3) is 0.174. The normalized spacial score (nSPS) is 13.3. The number of benzene rings is 2. The van der Waals surface area contributed by atoms with Crippen LogP contribution in [-0.4, -0.2) is 30.9 Å². The molecule has 1 fully saturated rings. The molecule has 3 aromatic rings. The first-order valence-electron chi connectivity index (χ1n) is 9.62. The van der Waals surface area contributed by atoms with Crippen LogP contribution in [0.3, 0.4) is 0 Å². The van der Waals surface area contributed by atoms with Crippen molar-refractivity contribution in [3.05, 3.63) is 72.7 Å². The Morgan fingerprint density at radius 1 is 1.03 bits per heavy atom. The van der Waals surface area contributed by atoms with Gasteiger partial charge in [0, 0.05) is 29.9 Å². The minimum Gasteiger partial charge on any atom is -0.457 e. The van der Waals surface area contributed by atoms with Gasteiger partial charge in [0.05, 0.1) is 6.26 Å². The van der Waals surface area contributed by atoms with Crippen LogP contribution in [0.1, 0.15) is 23.4 Å². The molecule has 0 aliphatic carbocycles. The SMILES string of the molecule is O=C(COC(=O)c1occc1-c1ccccc1)Nc1ccc(N2CCCC2=O)cc1. The molecule has 0 radical (unpaired) electrons. The zero-order valence-corrected chi connectivity index (χ0v) is 16.2. The Hall–Kier alpha value is -3.87. The molecule has 2 aromatic carbocycles. The van der Waals surface area contributed by atoms with Crippen molar-refractivity contribution in [2.75, 3.05) is 23.4 Å². The average molecular weight is 404 g/mol.